The second-order valence-corrected chi connectivity index (χ2v) is 4.08. The fourth-order valence-electron chi connectivity index (χ4n) is 1.13. The molecule has 1 heterocycles. The number of aliphatic imine (C=N–C) groups is 1. The van der Waals surface area contributed by atoms with Gasteiger partial charge in [0.1, 0.15) is 0 Å². The molecule has 0 aliphatic heterocycles. The van der Waals surface area contributed by atoms with Crippen LogP contribution >= 0.6 is 11.3 Å². The summed E-state index contributed by atoms with van der Waals surface area (Å²) in [5, 5.41) is 2.06. The van der Waals surface area contributed by atoms with Crippen molar-refractivity contribution < 1.29 is 0 Å². The van der Waals surface area contributed by atoms with Crippen molar-refractivity contribution in [2.45, 2.75) is 20.8 Å². The highest BCUT2D eigenvalue weighted by Crippen LogP contribution is 2.14. The molecular weight excluding hydrogens is 190 g/mol. The molecule has 0 spiro atoms. The third-order valence-electron chi connectivity index (χ3n) is 1.88. The van der Waals surface area contributed by atoms with Gasteiger partial charge in [-0.3, -0.25) is 4.99 Å². The van der Waals surface area contributed by atoms with E-state index in [1.54, 1.807) is 11.3 Å². The first-order chi connectivity index (χ1) is 6.65. The van der Waals surface area contributed by atoms with Crippen LogP contribution in [0.5, 0.6) is 0 Å². The molecule has 0 fully saturated rings. The van der Waals surface area contributed by atoms with Gasteiger partial charge in [0.05, 0.1) is 11.4 Å². The Morgan fingerprint density at radius 1 is 1.50 bits per heavy atom. The maximum atomic E-state index is 4.53. The zero-order valence-corrected chi connectivity index (χ0v) is 9.69. The lowest BCUT2D eigenvalue weighted by atomic mass is 10.2. The maximum Gasteiger partial charge on any atom is 0.0614 e. The van der Waals surface area contributed by atoms with E-state index < -0.39 is 0 Å². The first-order valence-electron chi connectivity index (χ1n) is 4.56. The van der Waals surface area contributed by atoms with Gasteiger partial charge in [0, 0.05) is 4.88 Å². The predicted molar refractivity (Wildman–Crippen MR) is 65.1 cm³/mol. The molecule has 0 atom stereocenters. The summed E-state index contributed by atoms with van der Waals surface area (Å²) in [6.45, 7) is 9.87. The number of hydrogen-bond donors (Lipinski definition) is 0. The fourth-order valence-corrected chi connectivity index (χ4v) is 1.80. The highest BCUT2D eigenvalue weighted by Gasteiger charge is 1.99. The molecule has 14 heavy (non-hydrogen) atoms. The summed E-state index contributed by atoms with van der Waals surface area (Å²) < 4.78 is 0. The Labute approximate surface area is 89.5 Å². The highest BCUT2D eigenvalue weighted by molar-refractivity contribution is 7.12. The van der Waals surface area contributed by atoms with Gasteiger partial charge in [0.25, 0.3) is 0 Å². The minimum atomic E-state index is 0.968. The zero-order chi connectivity index (χ0) is 10.6. The van der Waals surface area contributed by atoms with E-state index in [0.29, 0.717) is 0 Å². The van der Waals surface area contributed by atoms with E-state index in [9.17, 15) is 0 Å². The Morgan fingerprint density at radius 2 is 2.21 bits per heavy atom. The fraction of sp³-hybridized carbons (Fsp3) is 0.250. The Bertz CT molecular complexity index is 369. The molecule has 0 aliphatic rings. The summed E-state index contributed by atoms with van der Waals surface area (Å²) in [5.41, 5.74) is 3.02. The van der Waals surface area contributed by atoms with E-state index in [1.165, 1.54) is 4.88 Å². The number of rotatable bonds is 3. The maximum absolute atomic E-state index is 4.53. The number of allylic oxidation sites excluding steroid dienone is 2. The molecule has 0 radical (unpaired) electrons. The Kier molecular flexibility index (Phi) is 3.84. The Hall–Kier alpha value is -1.15. The SMILES string of the molecule is C=C(C)C(=C/C)/N=C(\C)c1cccs1. The van der Waals surface area contributed by atoms with Crippen LogP contribution in [0.1, 0.15) is 25.6 Å². The minimum Gasteiger partial charge on any atom is -0.252 e. The van der Waals surface area contributed by atoms with Crippen LogP contribution in [-0.4, -0.2) is 5.71 Å². The van der Waals surface area contributed by atoms with Gasteiger partial charge < -0.3 is 0 Å². The molecule has 74 valence electrons. The van der Waals surface area contributed by atoms with Gasteiger partial charge >= 0.3 is 0 Å². The lowest BCUT2D eigenvalue weighted by Gasteiger charge is -2.01. The predicted octanol–water partition coefficient (Wildman–Crippen LogP) is 4.04. The Balaban J connectivity index is 2.94. The van der Waals surface area contributed by atoms with E-state index in [1.807, 2.05) is 32.9 Å². The quantitative estimate of drug-likeness (QED) is 0.521. The number of hydrogen-bond acceptors (Lipinski definition) is 2. The monoisotopic (exact) mass is 205 g/mol. The van der Waals surface area contributed by atoms with Crippen LogP contribution in [0.25, 0.3) is 0 Å². The van der Waals surface area contributed by atoms with Crippen molar-refractivity contribution in [1.29, 1.82) is 0 Å². The summed E-state index contributed by atoms with van der Waals surface area (Å²) in [6.07, 6.45) is 1.99. The smallest absolute Gasteiger partial charge is 0.0614 e. The largest absolute Gasteiger partial charge is 0.252 e. The van der Waals surface area contributed by atoms with Crippen molar-refractivity contribution in [1.82, 2.24) is 0 Å². The molecular formula is C12H15NS. The summed E-state index contributed by atoms with van der Waals surface area (Å²) in [4.78, 5) is 5.74. The molecule has 0 aliphatic carbocycles. The summed E-state index contributed by atoms with van der Waals surface area (Å²) in [5.74, 6) is 0. The molecule has 1 nitrogen and oxygen atoms in total. The van der Waals surface area contributed by atoms with Gasteiger partial charge in [-0.05, 0) is 37.8 Å². The van der Waals surface area contributed by atoms with Crippen molar-refractivity contribution in [3.05, 3.63) is 46.3 Å². The summed E-state index contributed by atoms with van der Waals surface area (Å²) in [6, 6.07) is 4.12. The molecule has 1 aromatic heterocycles. The van der Waals surface area contributed by atoms with E-state index in [2.05, 4.69) is 23.0 Å². The van der Waals surface area contributed by atoms with Crippen LogP contribution in [0.3, 0.4) is 0 Å². The van der Waals surface area contributed by atoms with E-state index >= 15 is 0 Å². The van der Waals surface area contributed by atoms with Crippen molar-refractivity contribution >= 4 is 17.0 Å². The second-order valence-electron chi connectivity index (χ2n) is 3.13. The van der Waals surface area contributed by atoms with Crippen molar-refractivity contribution in [2.75, 3.05) is 0 Å². The minimum absolute atomic E-state index is 0.968. The average Bonchev–Trinajstić information content (AvgIpc) is 2.65. The molecule has 0 amide bonds. The Morgan fingerprint density at radius 3 is 2.64 bits per heavy atom. The lowest BCUT2D eigenvalue weighted by molar-refractivity contribution is 1.27. The van der Waals surface area contributed by atoms with Gasteiger partial charge in [-0.15, -0.1) is 11.3 Å². The van der Waals surface area contributed by atoms with Crippen molar-refractivity contribution in [3.8, 4) is 0 Å². The normalized spacial score (nSPS) is 13.1. The molecule has 1 aromatic rings. The molecule has 2 heteroatoms. The van der Waals surface area contributed by atoms with E-state index in [-0.39, 0.29) is 0 Å². The highest BCUT2D eigenvalue weighted by atomic mass is 32.1. The molecule has 0 bridgehead atoms. The van der Waals surface area contributed by atoms with Crippen molar-refractivity contribution in [3.63, 3.8) is 0 Å². The van der Waals surface area contributed by atoms with Crippen LogP contribution in [0.15, 0.2) is 46.4 Å². The standard InChI is InChI=1S/C12H15NS/c1-5-11(9(2)3)13-10(4)12-7-6-8-14-12/h5-8H,2H2,1,3-4H3/b11-5-,13-10+. The van der Waals surface area contributed by atoms with Crippen LogP contribution in [0.2, 0.25) is 0 Å². The summed E-state index contributed by atoms with van der Waals surface area (Å²) >= 11 is 1.71. The van der Waals surface area contributed by atoms with Gasteiger partial charge in [-0.25, -0.2) is 0 Å². The van der Waals surface area contributed by atoms with Gasteiger partial charge in [-0.1, -0.05) is 18.7 Å². The average molecular weight is 205 g/mol. The van der Waals surface area contributed by atoms with Gasteiger partial charge in [0.15, 0.2) is 0 Å². The number of nitrogens with zero attached hydrogens (tertiary/aromatic N) is 1. The van der Waals surface area contributed by atoms with Crippen LogP contribution < -0.4 is 0 Å². The first kappa shape index (κ1) is 10.9. The molecule has 0 unspecified atom stereocenters. The lowest BCUT2D eigenvalue weighted by Crippen LogP contribution is -1.92. The zero-order valence-electron chi connectivity index (χ0n) is 8.87. The van der Waals surface area contributed by atoms with Crippen LogP contribution in [0, 0.1) is 0 Å². The molecule has 0 saturated heterocycles. The third-order valence-corrected chi connectivity index (χ3v) is 2.86. The molecule has 0 aromatic carbocycles. The first-order valence-corrected chi connectivity index (χ1v) is 5.44. The van der Waals surface area contributed by atoms with Gasteiger partial charge in [-0.2, -0.15) is 0 Å². The van der Waals surface area contributed by atoms with E-state index in [0.717, 1.165) is 17.0 Å². The number of thiophene rings is 1. The van der Waals surface area contributed by atoms with Crippen molar-refractivity contribution in [2.24, 2.45) is 4.99 Å². The third kappa shape index (κ3) is 2.67. The van der Waals surface area contributed by atoms with E-state index in [4.69, 9.17) is 0 Å². The molecule has 0 saturated carbocycles. The van der Waals surface area contributed by atoms with Gasteiger partial charge in [0.2, 0.25) is 0 Å². The van der Waals surface area contributed by atoms with Crippen LogP contribution in [-0.2, 0) is 0 Å². The summed E-state index contributed by atoms with van der Waals surface area (Å²) in [7, 11) is 0. The topological polar surface area (TPSA) is 12.4 Å². The second kappa shape index (κ2) is 4.91. The van der Waals surface area contributed by atoms with Crippen LogP contribution in [0.4, 0.5) is 0 Å². The molecule has 1 rings (SSSR count). The molecule has 0 N–H and O–H groups in total.